The number of rotatable bonds is 1. The van der Waals surface area contributed by atoms with Crippen molar-refractivity contribution in [3.05, 3.63) is 40.4 Å². The van der Waals surface area contributed by atoms with Crippen LogP contribution in [0.5, 0.6) is 0 Å². The maximum Gasteiger partial charge on any atom is 0.451 e. The topological polar surface area (TPSA) is 63.1 Å². The van der Waals surface area contributed by atoms with Gasteiger partial charge in [-0.1, -0.05) is 11.6 Å². The summed E-state index contributed by atoms with van der Waals surface area (Å²) < 4.78 is 77.9. The number of alkyl halides is 6. The van der Waals surface area contributed by atoms with Crippen molar-refractivity contribution >= 4 is 23.3 Å². The molecule has 0 saturated carbocycles. The van der Waals surface area contributed by atoms with Crippen LogP contribution in [0.3, 0.4) is 0 Å². The van der Waals surface area contributed by atoms with E-state index in [9.17, 15) is 31.1 Å². The van der Waals surface area contributed by atoms with Gasteiger partial charge in [0.05, 0.1) is 17.1 Å². The van der Waals surface area contributed by atoms with Gasteiger partial charge in [-0.25, -0.2) is 4.79 Å². The fraction of sp³-hybridized carbons (Fsp3) is 0.357. The maximum atomic E-state index is 12.9. The van der Waals surface area contributed by atoms with E-state index in [2.05, 4.69) is 15.5 Å². The Labute approximate surface area is 152 Å². The Morgan fingerprint density at radius 2 is 1.78 bits per heavy atom. The van der Waals surface area contributed by atoms with E-state index < -0.39 is 34.8 Å². The molecule has 0 saturated heterocycles. The zero-order valence-electron chi connectivity index (χ0n) is 13.2. The first kappa shape index (κ1) is 19.3. The van der Waals surface area contributed by atoms with Crippen molar-refractivity contribution < 1.29 is 31.1 Å². The molecule has 13 heteroatoms. The maximum absolute atomic E-state index is 12.9. The van der Waals surface area contributed by atoms with Gasteiger partial charge in [-0.3, -0.25) is 0 Å². The molecule has 3 rings (SSSR count). The third-order valence-electron chi connectivity index (χ3n) is 3.82. The van der Waals surface area contributed by atoms with Crippen LogP contribution in [0.1, 0.15) is 17.2 Å². The summed E-state index contributed by atoms with van der Waals surface area (Å²) >= 11 is 5.51. The van der Waals surface area contributed by atoms with Crippen LogP contribution in [0.15, 0.2) is 18.2 Å². The number of halogens is 7. The highest BCUT2D eigenvalue weighted by molar-refractivity contribution is 6.31. The van der Waals surface area contributed by atoms with Gasteiger partial charge in [0.15, 0.2) is 5.82 Å². The van der Waals surface area contributed by atoms with E-state index in [1.165, 1.54) is 6.07 Å². The molecule has 2 heterocycles. The van der Waals surface area contributed by atoms with E-state index in [-0.39, 0.29) is 31.1 Å². The lowest BCUT2D eigenvalue weighted by Gasteiger charge is -2.28. The quantitative estimate of drug-likeness (QED) is 0.718. The summed E-state index contributed by atoms with van der Waals surface area (Å²) in [6.45, 7) is -0.562. The van der Waals surface area contributed by atoms with Crippen LogP contribution in [-0.2, 0) is 25.4 Å². The number of nitrogens with one attached hydrogen (secondary N) is 1. The first-order chi connectivity index (χ1) is 12.5. The van der Waals surface area contributed by atoms with Crippen LogP contribution in [0.2, 0.25) is 5.02 Å². The molecule has 0 spiro atoms. The summed E-state index contributed by atoms with van der Waals surface area (Å²) in [5.74, 6) is -1.24. The molecule has 2 amide bonds. The summed E-state index contributed by atoms with van der Waals surface area (Å²) in [6, 6.07) is 2.06. The second-order valence-corrected chi connectivity index (χ2v) is 6.04. The van der Waals surface area contributed by atoms with Gasteiger partial charge in [-0.2, -0.15) is 26.3 Å². The first-order valence-electron chi connectivity index (χ1n) is 7.39. The van der Waals surface area contributed by atoms with Crippen molar-refractivity contribution in [1.82, 2.24) is 19.7 Å². The van der Waals surface area contributed by atoms with E-state index in [0.717, 1.165) is 15.5 Å². The number of fused-ring (bicyclic) bond motifs is 1. The van der Waals surface area contributed by atoms with Crippen LogP contribution in [0, 0.1) is 0 Å². The highest BCUT2D eigenvalue weighted by Gasteiger charge is 2.40. The molecule has 6 nitrogen and oxygen atoms in total. The Kier molecular flexibility index (Phi) is 4.70. The number of nitrogens with zero attached hydrogens (tertiary/aromatic N) is 4. The van der Waals surface area contributed by atoms with Gasteiger partial charge in [0.25, 0.3) is 0 Å². The van der Waals surface area contributed by atoms with Crippen LogP contribution in [0.4, 0.5) is 36.8 Å². The number of aromatic nitrogens is 3. The molecule has 0 aliphatic carbocycles. The SMILES string of the molecule is O=C(Nc1ccc(Cl)c(C(F)(F)F)c1)N1CCn2c(nnc2C(F)(F)F)C1. The number of anilines is 1. The van der Waals surface area contributed by atoms with Crippen molar-refractivity contribution in [3.8, 4) is 0 Å². The summed E-state index contributed by atoms with van der Waals surface area (Å²) in [6.07, 6.45) is -9.37. The summed E-state index contributed by atoms with van der Waals surface area (Å²) in [5.41, 5.74) is -1.27. The highest BCUT2D eigenvalue weighted by Crippen LogP contribution is 2.36. The Morgan fingerprint density at radius 3 is 2.41 bits per heavy atom. The summed E-state index contributed by atoms with van der Waals surface area (Å²) in [4.78, 5) is 13.4. The van der Waals surface area contributed by atoms with Crippen LogP contribution < -0.4 is 5.32 Å². The van der Waals surface area contributed by atoms with E-state index in [4.69, 9.17) is 11.6 Å². The fourth-order valence-corrected chi connectivity index (χ4v) is 2.79. The van der Waals surface area contributed by atoms with Gasteiger partial charge >= 0.3 is 18.4 Å². The Balaban J connectivity index is 1.74. The molecule has 0 atom stereocenters. The number of hydrogen-bond donors (Lipinski definition) is 1. The molecular formula is C14H10ClF6N5O. The molecule has 1 aliphatic heterocycles. The summed E-state index contributed by atoms with van der Waals surface area (Å²) in [5, 5.41) is 8.26. The molecule has 27 heavy (non-hydrogen) atoms. The van der Waals surface area contributed by atoms with E-state index >= 15 is 0 Å². The second kappa shape index (κ2) is 6.59. The minimum Gasteiger partial charge on any atom is -0.315 e. The molecule has 0 bridgehead atoms. The smallest absolute Gasteiger partial charge is 0.315 e. The zero-order chi connectivity index (χ0) is 20.0. The molecule has 0 fully saturated rings. The molecule has 146 valence electrons. The minimum atomic E-state index is -4.70. The van der Waals surface area contributed by atoms with Gasteiger partial charge in [0, 0.05) is 18.8 Å². The van der Waals surface area contributed by atoms with Gasteiger partial charge in [-0.05, 0) is 18.2 Å². The van der Waals surface area contributed by atoms with Crippen molar-refractivity contribution in [2.75, 3.05) is 11.9 Å². The van der Waals surface area contributed by atoms with Crippen LogP contribution >= 0.6 is 11.6 Å². The number of carbonyl (C=O) groups is 1. The highest BCUT2D eigenvalue weighted by atomic mass is 35.5. The second-order valence-electron chi connectivity index (χ2n) is 5.63. The molecule has 0 radical (unpaired) electrons. The number of benzene rings is 1. The lowest BCUT2D eigenvalue weighted by atomic mass is 10.2. The van der Waals surface area contributed by atoms with Crippen LogP contribution in [0.25, 0.3) is 0 Å². The molecule has 1 N–H and O–H groups in total. The van der Waals surface area contributed by atoms with Gasteiger partial charge in [0.1, 0.15) is 0 Å². The number of urea groups is 1. The van der Waals surface area contributed by atoms with Gasteiger partial charge < -0.3 is 14.8 Å². The average molecular weight is 414 g/mol. The lowest BCUT2D eigenvalue weighted by molar-refractivity contribution is -0.147. The summed E-state index contributed by atoms with van der Waals surface area (Å²) in [7, 11) is 0. The molecular weight excluding hydrogens is 404 g/mol. The molecule has 1 aromatic heterocycles. The van der Waals surface area contributed by atoms with Crippen molar-refractivity contribution in [2.45, 2.75) is 25.4 Å². The van der Waals surface area contributed by atoms with Crippen molar-refractivity contribution in [2.24, 2.45) is 0 Å². The van der Waals surface area contributed by atoms with E-state index in [1.54, 1.807) is 0 Å². The number of amides is 2. The fourth-order valence-electron chi connectivity index (χ4n) is 2.56. The average Bonchev–Trinajstić information content (AvgIpc) is 2.98. The molecule has 2 aromatic rings. The van der Waals surface area contributed by atoms with Crippen molar-refractivity contribution in [3.63, 3.8) is 0 Å². The molecule has 1 aromatic carbocycles. The predicted octanol–water partition coefficient (Wildman–Crippen LogP) is 4.02. The Bertz CT molecular complexity index is 878. The molecule has 1 aliphatic rings. The Hall–Kier alpha value is -2.50. The monoisotopic (exact) mass is 413 g/mol. The van der Waals surface area contributed by atoms with E-state index in [0.29, 0.717) is 6.07 Å². The normalized spacial score (nSPS) is 14.9. The third-order valence-corrected chi connectivity index (χ3v) is 4.15. The number of carbonyl (C=O) groups excluding carboxylic acids is 1. The van der Waals surface area contributed by atoms with E-state index in [1.807, 2.05) is 0 Å². The third kappa shape index (κ3) is 3.94. The van der Waals surface area contributed by atoms with Gasteiger partial charge in [0.2, 0.25) is 5.82 Å². The van der Waals surface area contributed by atoms with Crippen molar-refractivity contribution in [1.29, 1.82) is 0 Å². The number of hydrogen-bond acceptors (Lipinski definition) is 3. The predicted molar refractivity (Wildman–Crippen MR) is 80.9 cm³/mol. The minimum absolute atomic E-state index is 0.0733. The zero-order valence-corrected chi connectivity index (χ0v) is 14.0. The lowest BCUT2D eigenvalue weighted by Crippen LogP contribution is -2.41. The largest absolute Gasteiger partial charge is 0.451 e. The standard InChI is InChI=1S/C14H10ClF6N5O/c15-9-2-1-7(5-8(9)13(16,17)18)22-12(27)25-3-4-26-10(6-25)23-24-11(26)14(19,20)21/h1-2,5H,3-4,6H2,(H,22,27). The molecule has 0 unspecified atom stereocenters. The Morgan fingerprint density at radius 1 is 1.07 bits per heavy atom. The van der Waals surface area contributed by atoms with Gasteiger partial charge in [-0.15, -0.1) is 10.2 Å². The van der Waals surface area contributed by atoms with Crippen LogP contribution in [-0.4, -0.2) is 32.2 Å². The first-order valence-corrected chi connectivity index (χ1v) is 7.76.